The number of likely N-dealkylation sites (tertiary alicyclic amines) is 1. The van der Waals surface area contributed by atoms with Crippen molar-refractivity contribution in [2.45, 2.75) is 25.4 Å². The molecule has 0 aliphatic carbocycles. The molecular formula is C17H28N6. The number of hydrogen-bond acceptors (Lipinski definition) is 4. The minimum Gasteiger partial charge on any atom is -0.336 e. The van der Waals surface area contributed by atoms with Crippen molar-refractivity contribution in [3.8, 4) is 0 Å². The van der Waals surface area contributed by atoms with Gasteiger partial charge >= 0.3 is 0 Å². The molecule has 0 bridgehead atoms. The SMILES string of the molecule is CN(CCn1ccnc1)C[C@@H]1CCCN(C)[C@H]1c1ccnn1C. The predicted molar refractivity (Wildman–Crippen MR) is 91.0 cm³/mol. The van der Waals surface area contributed by atoms with E-state index in [0.717, 1.165) is 19.6 Å². The number of aromatic nitrogens is 4. The second kappa shape index (κ2) is 7.27. The van der Waals surface area contributed by atoms with Crippen molar-refractivity contribution in [1.29, 1.82) is 0 Å². The summed E-state index contributed by atoms with van der Waals surface area (Å²) in [6.45, 7) is 4.34. The maximum absolute atomic E-state index is 4.38. The van der Waals surface area contributed by atoms with Crippen molar-refractivity contribution in [1.82, 2.24) is 29.1 Å². The highest BCUT2D eigenvalue weighted by atomic mass is 15.3. The van der Waals surface area contributed by atoms with Crippen LogP contribution in [0, 0.1) is 5.92 Å². The van der Waals surface area contributed by atoms with Crippen molar-refractivity contribution >= 4 is 0 Å². The third-order valence-electron chi connectivity index (χ3n) is 5.01. The Labute approximate surface area is 138 Å². The van der Waals surface area contributed by atoms with Crippen LogP contribution in [0.1, 0.15) is 24.6 Å². The van der Waals surface area contributed by atoms with Gasteiger partial charge in [0, 0.05) is 45.3 Å². The van der Waals surface area contributed by atoms with Gasteiger partial charge in [0.25, 0.3) is 0 Å². The van der Waals surface area contributed by atoms with Gasteiger partial charge in [0.1, 0.15) is 0 Å². The lowest BCUT2D eigenvalue weighted by molar-refractivity contribution is 0.0881. The fraction of sp³-hybridized carbons (Fsp3) is 0.647. The lowest BCUT2D eigenvalue weighted by Crippen LogP contribution is -2.42. The molecule has 3 rings (SSSR count). The van der Waals surface area contributed by atoms with Gasteiger partial charge in [-0.1, -0.05) is 0 Å². The fourth-order valence-corrected chi connectivity index (χ4v) is 3.79. The van der Waals surface area contributed by atoms with Crippen LogP contribution in [0.3, 0.4) is 0 Å². The van der Waals surface area contributed by atoms with E-state index in [4.69, 9.17) is 0 Å². The first-order valence-electron chi connectivity index (χ1n) is 8.47. The average Bonchev–Trinajstić information content (AvgIpc) is 3.17. The van der Waals surface area contributed by atoms with Crippen molar-refractivity contribution < 1.29 is 0 Å². The fourth-order valence-electron chi connectivity index (χ4n) is 3.79. The summed E-state index contributed by atoms with van der Waals surface area (Å²) >= 11 is 0. The lowest BCUT2D eigenvalue weighted by Gasteiger charge is -2.40. The molecule has 2 aromatic rings. The van der Waals surface area contributed by atoms with E-state index in [2.05, 4.69) is 51.7 Å². The van der Waals surface area contributed by atoms with Crippen LogP contribution in [-0.4, -0.2) is 62.9 Å². The van der Waals surface area contributed by atoms with Gasteiger partial charge in [0.15, 0.2) is 0 Å². The molecule has 0 saturated carbocycles. The third kappa shape index (κ3) is 3.82. The standard InChI is InChI=1S/C17H28N6/c1-20(11-12-23-10-8-18-14-23)13-15-5-4-9-21(2)17(15)16-6-7-19-22(16)3/h6-8,10,14-15,17H,4-5,9,11-13H2,1-3H3/t15-,17+/m0/s1. The maximum Gasteiger partial charge on any atom is 0.0946 e. The first-order chi connectivity index (χ1) is 11.1. The van der Waals surface area contributed by atoms with Crippen molar-refractivity contribution in [2.24, 2.45) is 13.0 Å². The van der Waals surface area contributed by atoms with Crippen LogP contribution in [-0.2, 0) is 13.6 Å². The smallest absolute Gasteiger partial charge is 0.0946 e. The Kier molecular flexibility index (Phi) is 5.13. The Bertz CT molecular complexity index is 590. The summed E-state index contributed by atoms with van der Waals surface area (Å²) < 4.78 is 4.17. The molecule has 0 aromatic carbocycles. The summed E-state index contributed by atoms with van der Waals surface area (Å²) in [5, 5.41) is 4.38. The molecule has 1 saturated heterocycles. The number of nitrogens with zero attached hydrogens (tertiary/aromatic N) is 6. The number of rotatable bonds is 6. The van der Waals surface area contributed by atoms with E-state index in [9.17, 15) is 0 Å². The van der Waals surface area contributed by atoms with Crippen LogP contribution >= 0.6 is 0 Å². The number of aryl methyl sites for hydroxylation is 1. The summed E-state index contributed by atoms with van der Waals surface area (Å²) in [6, 6.07) is 2.64. The van der Waals surface area contributed by atoms with Gasteiger partial charge in [0.05, 0.1) is 18.1 Å². The van der Waals surface area contributed by atoms with Crippen LogP contribution in [0.4, 0.5) is 0 Å². The second-order valence-electron chi connectivity index (χ2n) is 6.77. The van der Waals surface area contributed by atoms with E-state index in [0.29, 0.717) is 12.0 Å². The minimum atomic E-state index is 0.465. The molecule has 0 radical (unpaired) electrons. The molecule has 6 heteroatoms. The zero-order chi connectivity index (χ0) is 16.2. The molecule has 2 aromatic heterocycles. The predicted octanol–water partition coefficient (Wildman–Crippen LogP) is 1.63. The molecule has 3 heterocycles. The van der Waals surface area contributed by atoms with Crippen molar-refractivity contribution in [2.75, 3.05) is 33.7 Å². The minimum absolute atomic E-state index is 0.465. The van der Waals surface area contributed by atoms with Gasteiger partial charge < -0.3 is 9.47 Å². The molecule has 23 heavy (non-hydrogen) atoms. The van der Waals surface area contributed by atoms with E-state index in [-0.39, 0.29) is 0 Å². The zero-order valence-electron chi connectivity index (χ0n) is 14.5. The number of imidazole rings is 1. The average molecular weight is 316 g/mol. The summed E-state index contributed by atoms with van der Waals surface area (Å²) in [6.07, 6.45) is 10.2. The van der Waals surface area contributed by atoms with E-state index in [1.807, 2.05) is 29.6 Å². The maximum atomic E-state index is 4.38. The number of likely N-dealkylation sites (N-methyl/N-ethyl adjacent to an activating group) is 1. The van der Waals surface area contributed by atoms with Crippen molar-refractivity contribution in [3.63, 3.8) is 0 Å². The van der Waals surface area contributed by atoms with Gasteiger partial charge in [-0.2, -0.15) is 5.10 Å². The van der Waals surface area contributed by atoms with E-state index in [1.165, 1.54) is 25.1 Å². The molecule has 1 aliphatic heterocycles. The first-order valence-corrected chi connectivity index (χ1v) is 8.47. The van der Waals surface area contributed by atoms with E-state index in [1.54, 1.807) is 0 Å². The van der Waals surface area contributed by atoms with Gasteiger partial charge in [-0.15, -0.1) is 0 Å². The second-order valence-corrected chi connectivity index (χ2v) is 6.77. The van der Waals surface area contributed by atoms with Crippen LogP contribution in [0.2, 0.25) is 0 Å². The molecule has 0 N–H and O–H groups in total. The Morgan fingerprint density at radius 3 is 2.87 bits per heavy atom. The molecule has 0 spiro atoms. The highest BCUT2D eigenvalue weighted by molar-refractivity contribution is 5.10. The highest BCUT2D eigenvalue weighted by Crippen LogP contribution is 2.35. The molecule has 0 unspecified atom stereocenters. The topological polar surface area (TPSA) is 42.1 Å². The summed E-state index contributed by atoms with van der Waals surface area (Å²) in [5.74, 6) is 0.650. The molecule has 1 fully saturated rings. The Morgan fingerprint density at radius 2 is 2.17 bits per heavy atom. The normalized spacial score (nSPS) is 22.8. The summed E-state index contributed by atoms with van der Waals surface area (Å²) in [7, 11) is 6.53. The summed E-state index contributed by atoms with van der Waals surface area (Å²) in [4.78, 5) is 9.06. The van der Waals surface area contributed by atoms with Gasteiger partial charge in [-0.3, -0.25) is 9.58 Å². The van der Waals surface area contributed by atoms with Crippen LogP contribution in [0.15, 0.2) is 31.0 Å². The van der Waals surface area contributed by atoms with Crippen LogP contribution < -0.4 is 0 Å². The first kappa shape index (κ1) is 16.2. The van der Waals surface area contributed by atoms with Gasteiger partial charge in [-0.25, -0.2) is 4.98 Å². The lowest BCUT2D eigenvalue weighted by atomic mass is 9.87. The number of piperidine rings is 1. The Morgan fingerprint density at radius 1 is 1.30 bits per heavy atom. The Balaban J connectivity index is 1.63. The van der Waals surface area contributed by atoms with Gasteiger partial charge in [0.2, 0.25) is 0 Å². The van der Waals surface area contributed by atoms with Crippen LogP contribution in [0.25, 0.3) is 0 Å². The monoisotopic (exact) mass is 316 g/mol. The molecule has 0 amide bonds. The number of hydrogen-bond donors (Lipinski definition) is 0. The molecule has 1 aliphatic rings. The molecule has 6 nitrogen and oxygen atoms in total. The summed E-state index contributed by atoms with van der Waals surface area (Å²) in [5.41, 5.74) is 1.33. The van der Waals surface area contributed by atoms with E-state index < -0.39 is 0 Å². The third-order valence-corrected chi connectivity index (χ3v) is 5.01. The van der Waals surface area contributed by atoms with Crippen molar-refractivity contribution in [3.05, 3.63) is 36.7 Å². The van der Waals surface area contributed by atoms with Gasteiger partial charge in [-0.05, 0) is 45.5 Å². The molecular weight excluding hydrogens is 288 g/mol. The largest absolute Gasteiger partial charge is 0.336 e. The van der Waals surface area contributed by atoms with Crippen LogP contribution in [0.5, 0.6) is 0 Å². The quantitative estimate of drug-likeness (QED) is 0.812. The molecule has 126 valence electrons. The Hall–Kier alpha value is -1.66. The van der Waals surface area contributed by atoms with E-state index >= 15 is 0 Å². The zero-order valence-corrected chi connectivity index (χ0v) is 14.5. The molecule has 2 atom stereocenters. The highest BCUT2D eigenvalue weighted by Gasteiger charge is 2.32.